The van der Waals surface area contributed by atoms with Crippen LogP contribution in [-0.2, 0) is 19.6 Å². The van der Waals surface area contributed by atoms with Crippen LogP contribution in [0.5, 0.6) is 0 Å². The van der Waals surface area contributed by atoms with Crippen LogP contribution in [0.2, 0.25) is 0 Å². The van der Waals surface area contributed by atoms with E-state index < -0.39 is 16.0 Å². The van der Waals surface area contributed by atoms with Crippen molar-refractivity contribution < 1.29 is 22.7 Å². The summed E-state index contributed by atoms with van der Waals surface area (Å²) >= 11 is 1.28. The van der Waals surface area contributed by atoms with Gasteiger partial charge in [0.15, 0.2) is 0 Å². The van der Waals surface area contributed by atoms with Crippen LogP contribution in [-0.4, -0.2) is 51.8 Å². The first-order chi connectivity index (χ1) is 15.7. The second kappa shape index (κ2) is 10.6. The van der Waals surface area contributed by atoms with Crippen molar-refractivity contribution in [2.75, 3.05) is 37.9 Å². The molecule has 2 aromatic carbocycles. The third-order valence-electron chi connectivity index (χ3n) is 4.60. The number of hydrogen-bond donors (Lipinski definition) is 2. The molecule has 0 bridgehead atoms. The maximum absolute atomic E-state index is 12.6. The van der Waals surface area contributed by atoms with Gasteiger partial charge in [0.05, 0.1) is 23.6 Å². The van der Waals surface area contributed by atoms with Crippen LogP contribution in [0.1, 0.15) is 17.3 Å². The van der Waals surface area contributed by atoms with Crippen molar-refractivity contribution in [2.45, 2.75) is 11.8 Å². The Labute approximate surface area is 197 Å². The van der Waals surface area contributed by atoms with Gasteiger partial charge in [-0.2, -0.15) is 0 Å². The molecule has 1 heterocycles. The van der Waals surface area contributed by atoms with Gasteiger partial charge in [0.1, 0.15) is 5.00 Å². The Kier molecular flexibility index (Phi) is 7.85. The van der Waals surface area contributed by atoms with E-state index in [0.29, 0.717) is 10.7 Å². The van der Waals surface area contributed by atoms with Gasteiger partial charge in [0, 0.05) is 24.7 Å². The zero-order valence-corrected chi connectivity index (χ0v) is 20.1. The van der Waals surface area contributed by atoms with Crippen molar-refractivity contribution in [3.63, 3.8) is 0 Å². The van der Waals surface area contributed by atoms with Crippen LogP contribution in [0.15, 0.2) is 65.6 Å². The van der Waals surface area contributed by atoms with E-state index in [1.165, 1.54) is 37.6 Å². The van der Waals surface area contributed by atoms with E-state index in [9.17, 15) is 18.0 Å². The van der Waals surface area contributed by atoms with Crippen molar-refractivity contribution >= 4 is 43.9 Å². The van der Waals surface area contributed by atoms with Crippen LogP contribution in [0, 0.1) is 0 Å². The Balaban J connectivity index is 1.75. The molecule has 3 aromatic rings. The molecule has 0 atom stereocenters. The molecule has 1 amide bonds. The molecule has 0 saturated heterocycles. The molecule has 0 saturated carbocycles. The van der Waals surface area contributed by atoms with Gasteiger partial charge in [-0.15, -0.1) is 11.3 Å². The smallest absolute Gasteiger partial charge is 0.341 e. The summed E-state index contributed by atoms with van der Waals surface area (Å²) in [5, 5.41) is 6.08. The van der Waals surface area contributed by atoms with Crippen LogP contribution < -0.4 is 10.6 Å². The van der Waals surface area contributed by atoms with Gasteiger partial charge >= 0.3 is 5.97 Å². The maximum Gasteiger partial charge on any atom is 0.341 e. The first-order valence-electron chi connectivity index (χ1n) is 10.1. The minimum atomic E-state index is -3.59. The van der Waals surface area contributed by atoms with Crippen molar-refractivity contribution in [3.05, 3.63) is 66.2 Å². The predicted molar refractivity (Wildman–Crippen MR) is 130 cm³/mol. The molecule has 0 aliphatic heterocycles. The highest BCUT2D eigenvalue weighted by atomic mass is 32.2. The summed E-state index contributed by atoms with van der Waals surface area (Å²) in [5.74, 6) is -0.899. The van der Waals surface area contributed by atoms with E-state index >= 15 is 0 Å². The van der Waals surface area contributed by atoms with Crippen molar-refractivity contribution in [1.29, 1.82) is 0 Å². The SMILES string of the molecule is CCOC(=O)c1cc(-c2ccccc2)sc1NC(=O)CNc1cccc(S(=O)(=O)N(C)C)c1. The van der Waals surface area contributed by atoms with E-state index in [1.54, 1.807) is 25.1 Å². The number of carbonyl (C=O) groups is 2. The summed E-state index contributed by atoms with van der Waals surface area (Å²) in [6, 6.07) is 17.5. The van der Waals surface area contributed by atoms with Gasteiger partial charge in [-0.1, -0.05) is 36.4 Å². The third-order valence-corrected chi connectivity index (χ3v) is 7.52. The third kappa shape index (κ3) is 5.98. The summed E-state index contributed by atoms with van der Waals surface area (Å²) < 4.78 is 30.9. The van der Waals surface area contributed by atoms with Crippen LogP contribution in [0.4, 0.5) is 10.7 Å². The largest absolute Gasteiger partial charge is 0.462 e. The Hall–Kier alpha value is -3.21. The van der Waals surface area contributed by atoms with Gasteiger partial charge in [0.2, 0.25) is 15.9 Å². The summed E-state index contributed by atoms with van der Waals surface area (Å²) in [5.41, 5.74) is 1.69. The Morgan fingerprint density at radius 3 is 2.42 bits per heavy atom. The number of ether oxygens (including phenoxy) is 1. The number of nitrogens with zero attached hydrogens (tertiary/aromatic N) is 1. The molecule has 174 valence electrons. The molecule has 0 radical (unpaired) electrons. The lowest BCUT2D eigenvalue weighted by atomic mass is 10.1. The zero-order valence-electron chi connectivity index (χ0n) is 18.5. The number of anilines is 2. The summed E-state index contributed by atoms with van der Waals surface area (Å²) in [4.78, 5) is 26.0. The number of hydrogen-bond acceptors (Lipinski definition) is 7. The summed E-state index contributed by atoms with van der Waals surface area (Å²) in [6.45, 7) is 1.82. The molecule has 33 heavy (non-hydrogen) atoms. The highest BCUT2D eigenvalue weighted by molar-refractivity contribution is 7.89. The van der Waals surface area contributed by atoms with Crippen LogP contribution >= 0.6 is 11.3 Å². The van der Waals surface area contributed by atoms with E-state index in [1.807, 2.05) is 30.3 Å². The quantitative estimate of drug-likeness (QED) is 0.444. The molecule has 2 N–H and O–H groups in total. The minimum absolute atomic E-state index is 0.119. The van der Waals surface area contributed by atoms with Gasteiger partial charge in [-0.05, 0) is 36.8 Å². The van der Waals surface area contributed by atoms with Crippen molar-refractivity contribution in [2.24, 2.45) is 0 Å². The molecular weight excluding hydrogens is 462 g/mol. The number of rotatable bonds is 9. The number of thiophene rings is 1. The van der Waals surface area contributed by atoms with Gasteiger partial charge < -0.3 is 15.4 Å². The standard InChI is InChI=1S/C23H25N3O5S2/c1-4-31-23(28)19-14-20(16-9-6-5-7-10-16)32-22(19)25-21(27)15-24-17-11-8-12-18(13-17)33(29,30)26(2)3/h5-14,24H,4,15H2,1-3H3,(H,25,27). The Morgan fingerprint density at radius 2 is 1.76 bits per heavy atom. The lowest BCUT2D eigenvalue weighted by Crippen LogP contribution is -2.23. The molecule has 0 fully saturated rings. The second-order valence-electron chi connectivity index (χ2n) is 7.16. The number of nitrogens with one attached hydrogen (secondary N) is 2. The van der Waals surface area contributed by atoms with E-state index in [0.717, 1.165) is 14.7 Å². The number of benzene rings is 2. The first-order valence-corrected chi connectivity index (χ1v) is 12.4. The molecular formula is C23H25N3O5S2. The monoisotopic (exact) mass is 487 g/mol. The molecule has 0 spiro atoms. The fraction of sp³-hybridized carbons (Fsp3) is 0.217. The molecule has 3 rings (SSSR count). The van der Waals surface area contributed by atoms with Crippen LogP contribution in [0.25, 0.3) is 10.4 Å². The lowest BCUT2D eigenvalue weighted by molar-refractivity contribution is -0.114. The topological polar surface area (TPSA) is 105 Å². The van der Waals surface area contributed by atoms with Crippen molar-refractivity contribution in [3.8, 4) is 10.4 Å². The summed E-state index contributed by atoms with van der Waals surface area (Å²) in [6.07, 6.45) is 0. The average Bonchev–Trinajstić information content (AvgIpc) is 3.22. The Morgan fingerprint density at radius 1 is 1.03 bits per heavy atom. The first kappa shape index (κ1) is 24.4. The molecule has 1 aromatic heterocycles. The van der Waals surface area contributed by atoms with Gasteiger partial charge in [-0.25, -0.2) is 17.5 Å². The number of amides is 1. The normalized spacial score (nSPS) is 11.3. The fourth-order valence-electron chi connectivity index (χ4n) is 2.92. The Bertz CT molecular complexity index is 1240. The fourth-order valence-corrected chi connectivity index (χ4v) is 4.94. The van der Waals surface area contributed by atoms with E-state index in [2.05, 4.69) is 10.6 Å². The van der Waals surface area contributed by atoms with Crippen LogP contribution in [0.3, 0.4) is 0 Å². The molecule has 0 unspecified atom stereocenters. The lowest BCUT2D eigenvalue weighted by Gasteiger charge is -2.13. The van der Waals surface area contributed by atoms with Gasteiger partial charge in [0.25, 0.3) is 0 Å². The number of esters is 1. The second-order valence-corrected chi connectivity index (χ2v) is 10.4. The molecule has 10 heteroatoms. The zero-order chi connectivity index (χ0) is 24.0. The summed E-state index contributed by atoms with van der Waals surface area (Å²) in [7, 11) is -0.681. The highest BCUT2D eigenvalue weighted by Gasteiger charge is 2.20. The minimum Gasteiger partial charge on any atom is -0.462 e. The number of sulfonamides is 1. The number of carbonyl (C=O) groups excluding carboxylic acids is 2. The molecule has 0 aliphatic carbocycles. The molecule has 8 nitrogen and oxygen atoms in total. The average molecular weight is 488 g/mol. The molecule has 0 aliphatic rings. The maximum atomic E-state index is 12.6. The van der Waals surface area contributed by atoms with E-state index in [4.69, 9.17) is 4.74 Å². The van der Waals surface area contributed by atoms with Gasteiger partial charge in [-0.3, -0.25) is 4.79 Å². The van der Waals surface area contributed by atoms with Crippen molar-refractivity contribution in [1.82, 2.24) is 4.31 Å². The van der Waals surface area contributed by atoms with E-state index in [-0.39, 0.29) is 29.5 Å². The highest BCUT2D eigenvalue weighted by Crippen LogP contribution is 2.36. The predicted octanol–water partition coefficient (Wildman–Crippen LogP) is 3.89.